The average molecular weight is 314 g/mol. The molecule has 7 heteroatoms. The maximum absolute atomic E-state index is 11.8. The van der Waals surface area contributed by atoms with E-state index in [-0.39, 0.29) is 18.8 Å². The van der Waals surface area contributed by atoms with Crippen LogP contribution < -0.4 is 0 Å². The fraction of sp³-hybridized carbons (Fsp3) is 0.429. The van der Waals surface area contributed by atoms with Crippen LogP contribution in [0.1, 0.15) is 31.7 Å². The van der Waals surface area contributed by atoms with Crippen LogP contribution in [0.25, 0.3) is 0 Å². The van der Waals surface area contributed by atoms with E-state index in [1.54, 1.807) is 31.2 Å². The first-order valence-electron chi connectivity index (χ1n) is 6.41. The lowest BCUT2D eigenvalue weighted by Gasteiger charge is -2.19. The summed E-state index contributed by atoms with van der Waals surface area (Å²) in [6, 6.07) is 4.66. The summed E-state index contributed by atoms with van der Waals surface area (Å²) >= 11 is 5.78. The van der Waals surface area contributed by atoms with Gasteiger partial charge in [0.1, 0.15) is 5.78 Å². The molecule has 0 amide bonds. The maximum Gasteiger partial charge on any atom is 0.382 e. The van der Waals surface area contributed by atoms with Gasteiger partial charge in [0, 0.05) is 16.4 Å². The van der Waals surface area contributed by atoms with Crippen molar-refractivity contribution in [2.45, 2.75) is 32.2 Å². The van der Waals surface area contributed by atoms with Gasteiger partial charge in [-0.2, -0.15) is 0 Å². The first-order chi connectivity index (χ1) is 9.86. The quantitative estimate of drug-likeness (QED) is 0.439. The van der Waals surface area contributed by atoms with Gasteiger partial charge in [-0.25, -0.2) is 4.79 Å². The molecule has 1 aromatic rings. The van der Waals surface area contributed by atoms with Crippen LogP contribution >= 0.6 is 11.6 Å². The molecule has 0 aromatic heterocycles. The van der Waals surface area contributed by atoms with E-state index >= 15 is 0 Å². The third-order valence-electron chi connectivity index (χ3n) is 2.94. The highest BCUT2D eigenvalue weighted by Crippen LogP contribution is 2.28. The van der Waals surface area contributed by atoms with E-state index in [1.807, 2.05) is 0 Å². The highest BCUT2D eigenvalue weighted by molar-refractivity contribution is 6.30. The number of rotatable bonds is 7. The van der Waals surface area contributed by atoms with Gasteiger partial charge in [0.2, 0.25) is 0 Å². The van der Waals surface area contributed by atoms with Gasteiger partial charge in [-0.15, -0.1) is 0 Å². The molecule has 1 aromatic carbocycles. The van der Waals surface area contributed by atoms with Crippen molar-refractivity contribution in [3.8, 4) is 0 Å². The summed E-state index contributed by atoms with van der Waals surface area (Å²) in [5.74, 6) is -2.07. The topological polar surface area (TPSA) is 86.5 Å². The van der Waals surface area contributed by atoms with E-state index in [2.05, 4.69) is 0 Å². The molecule has 0 N–H and O–H groups in total. The maximum atomic E-state index is 11.8. The van der Waals surface area contributed by atoms with Crippen molar-refractivity contribution in [3.63, 3.8) is 0 Å². The highest BCUT2D eigenvalue weighted by atomic mass is 35.5. The average Bonchev–Trinajstić information content (AvgIpc) is 2.38. The second kappa shape index (κ2) is 7.73. The van der Waals surface area contributed by atoms with Gasteiger partial charge in [0.25, 0.3) is 0 Å². The van der Waals surface area contributed by atoms with Gasteiger partial charge in [-0.3, -0.25) is 10.1 Å². The van der Waals surface area contributed by atoms with Crippen molar-refractivity contribution in [2.24, 2.45) is 0 Å². The van der Waals surface area contributed by atoms with E-state index in [0.717, 1.165) is 0 Å². The minimum Gasteiger partial charge on any atom is -0.461 e. The Morgan fingerprint density at radius 3 is 2.33 bits per heavy atom. The lowest BCUT2D eigenvalue weighted by molar-refractivity contribution is -0.514. The Labute approximate surface area is 127 Å². The molecule has 0 spiro atoms. The minimum absolute atomic E-state index is 0.0383. The van der Waals surface area contributed by atoms with Crippen LogP contribution in [0.2, 0.25) is 5.02 Å². The molecule has 0 aliphatic carbocycles. The summed E-state index contributed by atoms with van der Waals surface area (Å²) in [4.78, 5) is 33.8. The highest BCUT2D eigenvalue weighted by Gasteiger charge is 2.41. The molecule has 0 radical (unpaired) electrons. The molecule has 6 nitrogen and oxygen atoms in total. The van der Waals surface area contributed by atoms with Crippen molar-refractivity contribution < 1.29 is 19.2 Å². The van der Waals surface area contributed by atoms with Gasteiger partial charge in [-0.05, 0) is 31.5 Å². The number of Topliss-reactive ketones (excluding diaryl/α,β-unsaturated/α-hetero) is 1. The fourth-order valence-corrected chi connectivity index (χ4v) is 2.18. The van der Waals surface area contributed by atoms with Crippen molar-refractivity contribution in [2.75, 3.05) is 6.61 Å². The molecule has 0 heterocycles. The Morgan fingerprint density at radius 2 is 1.90 bits per heavy atom. The lowest BCUT2D eigenvalue weighted by Crippen LogP contribution is -2.38. The van der Waals surface area contributed by atoms with Gasteiger partial charge >= 0.3 is 12.0 Å². The first kappa shape index (κ1) is 17.1. The number of benzene rings is 1. The number of nitrogens with zero attached hydrogens (tertiary/aromatic N) is 1. The summed E-state index contributed by atoms with van der Waals surface area (Å²) in [7, 11) is 0. The van der Waals surface area contributed by atoms with Crippen LogP contribution in [0.4, 0.5) is 0 Å². The normalized spacial score (nSPS) is 13.3. The van der Waals surface area contributed by atoms with Crippen molar-refractivity contribution in [1.82, 2.24) is 0 Å². The largest absolute Gasteiger partial charge is 0.461 e. The van der Waals surface area contributed by atoms with Crippen LogP contribution in [-0.4, -0.2) is 29.3 Å². The van der Waals surface area contributed by atoms with Gasteiger partial charge < -0.3 is 9.53 Å². The number of hydrogen-bond acceptors (Lipinski definition) is 5. The molecule has 21 heavy (non-hydrogen) atoms. The summed E-state index contributed by atoms with van der Waals surface area (Å²) in [6.45, 7) is 2.93. The third-order valence-corrected chi connectivity index (χ3v) is 3.19. The molecular formula is C14H16ClNO5. The molecule has 0 aliphatic heterocycles. The predicted octanol–water partition coefficient (Wildman–Crippen LogP) is 2.61. The van der Waals surface area contributed by atoms with E-state index in [4.69, 9.17) is 16.3 Å². The molecule has 0 fully saturated rings. The van der Waals surface area contributed by atoms with Crippen LogP contribution in [0.3, 0.4) is 0 Å². The number of ether oxygens (including phenoxy) is 1. The second-order valence-electron chi connectivity index (χ2n) is 4.55. The minimum atomic E-state index is -1.62. The Bertz CT molecular complexity index is 529. The molecular weight excluding hydrogens is 298 g/mol. The number of esters is 1. The van der Waals surface area contributed by atoms with Crippen LogP contribution in [0.15, 0.2) is 24.3 Å². The summed E-state index contributed by atoms with van der Waals surface area (Å²) in [5, 5.41) is 11.7. The van der Waals surface area contributed by atoms with E-state index in [9.17, 15) is 19.7 Å². The number of hydrogen-bond donors (Lipinski definition) is 0. The Hall–Kier alpha value is -1.95. The molecule has 1 rings (SSSR count). The number of carbonyl (C=O) groups is 2. The number of carbonyl (C=O) groups excluding carboxylic acids is 2. The predicted molar refractivity (Wildman–Crippen MR) is 76.9 cm³/mol. The Morgan fingerprint density at radius 1 is 1.33 bits per heavy atom. The number of nitro groups is 1. The molecule has 2 atom stereocenters. The van der Waals surface area contributed by atoms with Crippen LogP contribution in [0, 0.1) is 10.1 Å². The third kappa shape index (κ3) is 4.82. The standard InChI is InChI=1S/C14H16ClNO5/c1-3-21-14(18)13(16(19)20)12(8-9(2)17)10-4-6-11(15)7-5-10/h4-7,12-13H,3,8H2,1-2H3/t12-,13?/m0/s1. The lowest BCUT2D eigenvalue weighted by atomic mass is 9.87. The SMILES string of the molecule is CCOC(=O)C([C@@H](CC(C)=O)c1ccc(Cl)cc1)[N+](=O)[O-]. The first-order valence-corrected chi connectivity index (χ1v) is 6.79. The van der Waals surface area contributed by atoms with Crippen molar-refractivity contribution in [3.05, 3.63) is 45.0 Å². The smallest absolute Gasteiger partial charge is 0.382 e. The number of ketones is 1. The number of halogens is 1. The zero-order valence-electron chi connectivity index (χ0n) is 11.7. The van der Waals surface area contributed by atoms with Gasteiger partial charge in [0.15, 0.2) is 0 Å². The zero-order valence-corrected chi connectivity index (χ0v) is 12.5. The Balaban J connectivity index is 3.19. The fourth-order valence-electron chi connectivity index (χ4n) is 2.06. The van der Waals surface area contributed by atoms with Crippen molar-refractivity contribution >= 4 is 23.4 Å². The van der Waals surface area contributed by atoms with Gasteiger partial charge in [-0.1, -0.05) is 23.7 Å². The Kier molecular flexibility index (Phi) is 6.30. The summed E-state index contributed by atoms with van der Waals surface area (Å²) in [5.41, 5.74) is 0.504. The second-order valence-corrected chi connectivity index (χ2v) is 4.98. The molecule has 0 saturated carbocycles. The van der Waals surface area contributed by atoms with E-state index in [1.165, 1.54) is 6.92 Å². The van der Waals surface area contributed by atoms with E-state index in [0.29, 0.717) is 10.6 Å². The van der Waals surface area contributed by atoms with E-state index < -0.39 is 22.9 Å². The molecule has 0 saturated heterocycles. The molecule has 0 aliphatic rings. The molecule has 0 bridgehead atoms. The monoisotopic (exact) mass is 313 g/mol. The zero-order chi connectivity index (χ0) is 16.0. The van der Waals surface area contributed by atoms with Crippen LogP contribution in [-0.2, 0) is 14.3 Å². The summed E-state index contributed by atoms with van der Waals surface area (Å²) < 4.78 is 4.76. The van der Waals surface area contributed by atoms with Gasteiger partial charge in [0.05, 0.1) is 12.5 Å². The van der Waals surface area contributed by atoms with Crippen molar-refractivity contribution in [1.29, 1.82) is 0 Å². The molecule has 1 unspecified atom stereocenters. The molecule has 114 valence electrons. The van der Waals surface area contributed by atoms with Crippen LogP contribution in [0.5, 0.6) is 0 Å². The summed E-state index contributed by atoms with van der Waals surface area (Å²) in [6.07, 6.45) is -0.119.